The van der Waals surface area contributed by atoms with Gasteiger partial charge in [-0.3, -0.25) is 15.0 Å². The molecule has 1 rings (SSSR count). The zero-order chi connectivity index (χ0) is 6.85. The minimum Gasteiger partial charge on any atom is -0.287 e. The Morgan fingerprint density at radius 2 is 2.56 bits per heavy atom. The van der Waals surface area contributed by atoms with Crippen molar-refractivity contribution in [3.05, 3.63) is 0 Å². The van der Waals surface area contributed by atoms with Gasteiger partial charge in [0.2, 0.25) is 0 Å². The average Bonchev–Trinajstić information content (AvgIpc) is 2.13. The van der Waals surface area contributed by atoms with Crippen molar-refractivity contribution < 1.29 is 9.60 Å². The predicted octanol–water partition coefficient (Wildman–Crippen LogP) is 0.644. The molecule has 1 aliphatic rings. The van der Waals surface area contributed by atoms with Gasteiger partial charge in [-0.25, -0.2) is 5.06 Å². The summed E-state index contributed by atoms with van der Waals surface area (Å²) in [6, 6.07) is 0. The van der Waals surface area contributed by atoms with E-state index in [0.717, 1.165) is 5.06 Å². The van der Waals surface area contributed by atoms with Crippen LogP contribution in [0.3, 0.4) is 0 Å². The van der Waals surface area contributed by atoms with Crippen LogP contribution < -0.4 is 0 Å². The molecule has 52 valence electrons. The van der Waals surface area contributed by atoms with Gasteiger partial charge >= 0.3 is 0 Å². The minimum atomic E-state index is -0.445. The van der Waals surface area contributed by atoms with Crippen LogP contribution in [0.1, 0.15) is 6.42 Å². The number of nitrogens with zero attached hydrogens (tertiary/aromatic N) is 1. The van der Waals surface area contributed by atoms with Gasteiger partial charge in [0.1, 0.15) is 5.84 Å². The van der Waals surface area contributed by atoms with Crippen molar-refractivity contribution in [1.29, 1.82) is 5.41 Å². The first-order chi connectivity index (χ1) is 4.24. The summed E-state index contributed by atoms with van der Waals surface area (Å²) in [5, 5.41) is 16.5. The Balaban J connectivity index is 2.44. The van der Waals surface area contributed by atoms with E-state index in [0.29, 0.717) is 6.42 Å². The van der Waals surface area contributed by atoms with Crippen molar-refractivity contribution in [3.63, 3.8) is 0 Å². The predicted molar refractivity (Wildman–Crippen MR) is 30.3 cm³/mol. The zero-order valence-corrected chi connectivity index (χ0v) is 4.97. The summed E-state index contributed by atoms with van der Waals surface area (Å²) < 4.78 is 11.8. The first-order valence-electron chi connectivity index (χ1n) is 2.84. The molecular weight excluding hydrogens is 123 g/mol. The lowest BCUT2D eigenvalue weighted by Crippen LogP contribution is -2.19. The molecule has 3 nitrogen and oxygen atoms in total. The number of hydrogen-bond acceptors (Lipinski definition) is 2. The van der Waals surface area contributed by atoms with Gasteiger partial charge in [0, 0.05) is 12.3 Å². The molecule has 0 aromatic rings. The van der Waals surface area contributed by atoms with Crippen molar-refractivity contribution in [2.75, 3.05) is 13.2 Å². The quantitative estimate of drug-likeness (QED) is 0.550. The van der Waals surface area contributed by atoms with E-state index in [1.165, 1.54) is 0 Å². The van der Waals surface area contributed by atoms with Crippen LogP contribution in [0.5, 0.6) is 0 Å². The SMILES string of the molecule is N=C1CC(CF)CN1O. The first-order valence-corrected chi connectivity index (χ1v) is 2.84. The molecule has 0 aromatic heterocycles. The Kier molecular flexibility index (Phi) is 1.66. The smallest absolute Gasteiger partial charge is 0.121 e. The van der Waals surface area contributed by atoms with Crippen LogP contribution in [0.4, 0.5) is 4.39 Å². The molecule has 0 spiro atoms. The minimum absolute atomic E-state index is 0.123. The number of hydroxylamine groups is 2. The second-order valence-electron chi connectivity index (χ2n) is 2.25. The monoisotopic (exact) mass is 132 g/mol. The molecule has 1 heterocycles. The lowest BCUT2D eigenvalue weighted by Gasteiger charge is -2.05. The Hall–Kier alpha value is -0.640. The summed E-state index contributed by atoms with van der Waals surface area (Å²) in [4.78, 5) is 0. The zero-order valence-electron chi connectivity index (χ0n) is 4.97. The molecule has 4 heteroatoms. The van der Waals surface area contributed by atoms with E-state index in [2.05, 4.69) is 0 Å². The molecule has 0 aliphatic carbocycles. The van der Waals surface area contributed by atoms with Crippen molar-refractivity contribution in [1.82, 2.24) is 5.06 Å². The highest BCUT2D eigenvalue weighted by atomic mass is 19.1. The molecule has 9 heavy (non-hydrogen) atoms. The van der Waals surface area contributed by atoms with Gasteiger partial charge in [-0.05, 0) is 0 Å². The number of amidine groups is 1. The Morgan fingerprint density at radius 1 is 1.89 bits per heavy atom. The summed E-state index contributed by atoms with van der Waals surface area (Å²) >= 11 is 0. The van der Waals surface area contributed by atoms with Crippen LogP contribution in [0.15, 0.2) is 0 Å². The third-order valence-corrected chi connectivity index (χ3v) is 1.44. The molecule has 1 fully saturated rings. The van der Waals surface area contributed by atoms with E-state index in [-0.39, 0.29) is 18.3 Å². The second kappa shape index (κ2) is 2.31. The van der Waals surface area contributed by atoms with Gasteiger partial charge in [0.25, 0.3) is 0 Å². The lowest BCUT2D eigenvalue weighted by atomic mass is 10.1. The Labute approximate surface area is 52.6 Å². The number of nitrogens with one attached hydrogen (secondary N) is 1. The van der Waals surface area contributed by atoms with E-state index >= 15 is 0 Å². The van der Waals surface area contributed by atoms with Gasteiger partial charge in [0.05, 0.1) is 13.2 Å². The van der Waals surface area contributed by atoms with Crippen molar-refractivity contribution in [3.8, 4) is 0 Å². The molecule has 0 aromatic carbocycles. The lowest BCUT2D eigenvalue weighted by molar-refractivity contribution is -0.0125. The second-order valence-corrected chi connectivity index (χ2v) is 2.25. The molecule has 0 radical (unpaired) electrons. The fourth-order valence-electron chi connectivity index (χ4n) is 0.901. The van der Waals surface area contributed by atoms with Crippen molar-refractivity contribution >= 4 is 5.84 Å². The number of halogens is 1. The molecule has 0 amide bonds. The maximum atomic E-state index is 11.8. The largest absolute Gasteiger partial charge is 0.287 e. The number of hydrogen-bond donors (Lipinski definition) is 2. The van der Waals surface area contributed by atoms with E-state index in [9.17, 15) is 4.39 Å². The van der Waals surface area contributed by atoms with Gasteiger partial charge in [-0.1, -0.05) is 0 Å². The number of alkyl halides is 1. The molecule has 2 N–H and O–H groups in total. The third kappa shape index (κ3) is 1.18. The van der Waals surface area contributed by atoms with Gasteiger partial charge < -0.3 is 0 Å². The fraction of sp³-hybridized carbons (Fsp3) is 0.800. The van der Waals surface area contributed by atoms with Crippen LogP contribution >= 0.6 is 0 Å². The standard InChI is InChI=1S/C5H9FN2O/c6-2-4-1-5(7)8(9)3-4/h4,7,9H,1-3H2. The highest BCUT2D eigenvalue weighted by molar-refractivity contribution is 5.80. The van der Waals surface area contributed by atoms with Gasteiger partial charge in [-0.15, -0.1) is 0 Å². The molecule has 0 saturated carbocycles. The van der Waals surface area contributed by atoms with E-state index in [1.807, 2.05) is 0 Å². The van der Waals surface area contributed by atoms with E-state index in [1.54, 1.807) is 0 Å². The molecular formula is C5H9FN2O. The molecule has 1 unspecified atom stereocenters. The molecule has 1 saturated heterocycles. The van der Waals surface area contributed by atoms with Gasteiger partial charge in [0.15, 0.2) is 0 Å². The summed E-state index contributed by atoms with van der Waals surface area (Å²) in [5.74, 6) is -0.0415. The van der Waals surface area contributed by atoms with Crippen LogP contribution in [-0.2, 0) is 0 Å². The topological polar surface area (TPSA) is 47.3 Å². The van der Waals surface area contributed by atoms with Crippen LogP contribution in [0.25, 0.3) is 0 Å². The number of rotatable bonds is 1. The molecule has 0 bridgehead atoms. The first kappa shape index (κ1) is 6.48. The Morgan fingerprint density at radius 3 is 2.78 bits per heavy atom. The summed E-state index contributed by atoms with van der Waals surface area (Å²) in [5.41, 5.74) is 0. The van der Waals surface area contributed by atoms with Crippen LogP contribution in [0, 0.1) is 11.3 Å². The van der Waals surface area contributed by atoms with Crippen LogP contribution in [0.2, 0.25) is 0 Å². The maximum Gasteiger partial charge on any atom is 0.121 e. The van der Waals surface area contributed by atoms with E-state index < -0.39 is 6.67 Å². The average molecular weight is 132 g/mol. The summed E-state index contributed by atoms with van der Waals surface area (Å²) in [6.45, 7) is -0.172. The van der Waals surface area contributed by atoms with E-state index in [4.69, 9.17) is 10.6 Å². The normalized spacial score (nSPS) is 27.6. The van der Waals surface area contributed by atoms with Gasteiger partial charge in [-0.2, -0.15) is 0 Å². The van der Waals surface area contributed by atoms with Crippen molar-refractivity contribution in [2.45, 2.75) is 6.42 Å². The van der Waals surface area contributed by atoms with Crippen molar-refractivity contribution in [2.24, 2.45) is 5.92 Å². The Bertz CT molecular complexity index is 128. The molecule has 1 aliphatic heterocycles. The maximum absolute atomic E-state index is 11.8. The van der Waals surface area contributed by atoms with Crippen LogP contribution in [-0.4, -0.2) is 29.3 Å². The fourth-order valence-corrected chi connectivity index (χ4v) is 0.901. The summed E-state index contributed by atoms with van der Waals surface area (Å²) in [7, 11) is 0. The third-order valence-electron chi connectivity index (χ3n) is 1.44. The highest BCUT2D eigenvalue weighted by Gasteiger charge is 2.24. The highest BCUT2D eigenvalue weighted by Crippen LogP contribution is 2.15. The molecule has 1 atom stereocenters. The summed E-state index contributed by atoms with van der Waals surface area (Å²) in [6.07, 6.45) is 0.368.